The van der Waals surface area contributed by atoms with E-state index >= 15 is 0 Å². The second-order valence-electron chi connectivity index (χ2n) is 6.06. The summed E-state index contributed by atoms with van der Waals surface area (Å²) in [5.41, 5.74) is 3.13. The monoisotopic (exact) mass is 318 g/mol. The zero-order chi connectivity index (χ0) is 16.8. The molecule has 0 atom stereocenters. The molecule has 5 heteroatoms. The third-order valence-corrected chi connectivity index (χ3v) is 4.58. The molecule has 23 heavy (non-hydrogen) atoms. The maximum absolute atomic E-state index is 12.2. The fourth-order valence-corrected chi connectivity index (χ4v) is 3.02. The number of nitrogens with zero attached hydrogens (tertiary/aromatic N) is 1. The van der Waals surface area contributed by atoms with E-state index in [1.165, 1.54) is 11.1 Å². The van der Waals surface area contributed by atoms with Crippen molar-refractivity contribution in [3.8, 4) is 0 Å². The molecule has 0 saturated carbocycles. The minimum absolute atomic E-state index is 0.151. The Hall–Kier alpha value is -1.88. The highest BCUT2D eigenvalue weighted by Crippen LogP contribution is 2.19. The predicted molar refractivity (Wildman–Crippen MR) is 90.2 cm³/mol. The predicted octanol–water partition coefficient (Wildman–Crippen LogP) is 1.98. The van der Waals surface area contributed by atoms with Crippen molar-refractivity contribution in [3.63, 3.8) is 0 Å². The van der Waals surface area contributed by atoms with Crippen LogP contribution < -0.4 is 5.32 Å². The molecule has 1 aliphatic rings. The van der Waals surface area contributed by atoms with Crippen molar-refractivity contribution < 1.29 is 14.7 Å². The zero-order valence-corrected chi connectivity index (χ0v) is 14.0. The minimum atomic E-state index is -0.584. The molecule has 0 unspecified atom stereocenters. The summed E-state index contributed by atoms with van der Waals surface area (Å²) in [6.07, 6.45) is 3.35. The number of amides is 2. The van der Waals surface area contributed by atoms with Gasteiger partial charge in [0.1, 0.15) is 0 Å². The molecule has 1 heterocycles. The highest BCUT2D eigenvalue weighted by Gasteiger charge is 2.26. The Kier molecular flexibility index (Phi) is 6.16. The van der Waals surface area contributed by atoms with Gasteiger partial charge in [-0.15, -0.1) is 0 Å². The number of carbonyl (C=O) groups excluding carboxylic acids is 2. The Morgan fingerprint density at radius 3 is 2.39 bits per heavy atom. The van der Waals surface area contributed by atoms with Gasteiger partial charge >= 0.3 is 11.8 Å². The van der Waals surface area contributed by atoms with E-state index in [4.69, 9.17) is 5.11 Å². The third kappa shape index (κ3) is 4.32. The summed E-state index contributed by atoms with van der Waals surface area (Å²) in [7, 11) is 0. The van der Waals surface area contributed by atoms with E-state index < -0.39 is 11.8 Å². The Morgan fingerprint density at radius 1 is 1.17 bits per heavy atom. The summed E-state index contributed by atoms with van der Waals surface area (Å²) in [5.74, 6) is -0.825. The molecule has 1 saturated heterocycles. The number of piperidine rings is 1. The average molecular weight is 318 g/mol. The van der Waals surface area contributed by atoms with Crippen LogP contribution in [0, 0.1) is 5.92 Å². The van der Waals surface area contributed by atoms with Crippen LogP contribution in [0.2, 0.25) is 0 Å². The van der Waals surface area contributed by atoms with Crippen molar-refractivity contribution in [2.45, 2.75) is 39.5 Å². The number of rotatable bonds is 4. The van der Waals surface area contributed by atoms with E-state index in [2.05, 4.69) is 19.2 Å². The molecule has 0 spiro atoms. The smallest absolute Gasteiger partial charge is 0.313 e. The van der Waals surface area contributed by atoms with Crippen molar-refractivity contribution >= 4 is 17.5 Å². The van der Waals surface area contributed by atoms with Crippen molar-refractivity contribution in [1.29, 1.82) is 0 Å². The Morgan fingerprint density at radius 2 is 1.83 bits per heavy atom. The molecule has 0 aromatic heterocycles. The Balaban J connectivity index is 1.97. The second kappa shape index (κ2) is 8.11. The van der Waals surface area contributed by atoms with Crippen LogP contribution in [-0.2, 0) is 22.4 Å². The molecule has 1 fully saturated rings. The number of hydrogen-bond acceptors (Lipinski definition) is 3. The second-order valence-corrected chi connectivity index (χ2v) is 6.06. The van der Waals surface area contributed by atoms with Crippen LogP contribution in [0.1, 0.15) is 37.8 Å². The normalized spacial score (nSPS) is 15.5. The van der Waals surface area contributed by atoms with Crippen LogP contribution in [0.3, 0.4) is 0 Å². The van der Waals surface area contributed by atoms with Crippen molar-refractivity contribution in [3.05, 3.63) is 29.3 Å². The van der Waals surface area contributed by atoms with Crippen molar-refractivity contribution in [2.75, 3.05) is 25.0 Å². The van der Waals surface area contributed by atoms with Gasteiger partial charge in [-0.25, -0.2) is 0 Å². The lowest BCUT2D eigenvalue weighted by Gasteiger charge is -2.30. The van der Waals surface area contributed by atoms with Gasteiger partial charge in [0.15, 0.2) is 0 Å². The summed E-state index contributed by atoms with van der Waals surface area (Å²) in [4.78, 5) is 26.0. The van der Waals surface area contributed by atoms with Gasteiger partial charge in [0, 0.05) is 25.4 Å². The number of carbonyl (C=O) groups is 2. The number of likely N-dealkylation sites (tertiary alicyclic amines) is 1. The first kappa shape index (κ1) is 17.5. The number of benzene rings is 1. The molecule has 0 aliphatic carbocycles. The highest BCUT2D eigenvalue weighted by atomic mass is 16.3. The highest BCUT2D eigenvalue weighted by molar-refractivity contribution is 6.39. The molecule has 0 radical (unpaired) electrons. The molecular weight excluding hydrogens is 292 g/mol. The molecule has 2 amide bonds. The zero-order valence-electron chi connectivity index (χ0n) is 14.0. The van der Waals surface area contributed by atoms with E-state index in [0.717, 1.165) is 25.7 Å². The van der Waals surface area contributed by atoms with Crippen LogP contribution in [-0.4, -0.2) is 41.5 Å². The minimum Gasteiger partial charge on any atom is -0.396 e. The fraction of sp³-hybridized carbons (Fsp3) is 0.556. The molecule has 1 aromatic rings. The summed E-state index contributed by atoms with van der Waals surface area (Å²) < 4.78 is 0. The molecule has 5 nitrogen and oxygen atoms in total. The maximum Gasteiger partial charge on any atom is 0.313 e. The van der Waals surface area contributed by atoms with Crippen LogP contribution in [0.25, 0.3) is 0 Å². The van der Waals surface area contributed by atoms with Gasteiger partial charge in [-0.1, -0.05) is 19.9 Å². The van der Waals surface area contributed by atoms with Crippen LogP contribution >= 0.6 is 0 Å². The lowest BCUT2D eigenvalue weighted by Crippen LogP contribution is -2.44. The number of aliphatic hydroxyl groups is 1. The average Bonchev–Trinajstić information content (AvgIpc) is 2.60. The van der Waals surface area contributed by atoms with E-state index in [0.29, 0.717) is 18.8 Å². The summed E-state index contributed by atoms with van der Waals surface area (Å²) in [6.45, 7) is 5.40. The number of hydrogen-bond donors (Lipinski definition) is 2. The number of nitrogens with one attached hydrogen (secondary N) is 1. The van der Waals surface area contributed by atoms with E-state index in [9.17, 15) is 9.59 Å². The Bertz CT molecular complexity index is 563. The Labute approximate surface area is 137 Å². The summed E-state index contributed by atoms with van der Waals surface area (Å²) >= 11 is 0. The largest absolute Gasteiger partial charge is 0.396 e. The van der Waals surface area contributed by atoms with Gasteiger partial charge in [0.25, 0.3) is 0 Å². The fourth-order valence-electron chi connectivity index (χ4n) is 3.02. The molecule has 0 bridgehead atoms. The first-order chi connectivity index (χ1) is 11.1. The first-order valence-corrected chi connectivity index (χ1v) is 8.41. The standard InChI is InChI=1S/C18H26N2O3/c1-3-14-5-6-16(11-15(14)4-2)19-17(22)18(23)20-9-7-13(12-21)8-10-20/h5-6,11,13,21H,3-4,7-10,12H2,1-2H3,(H,19,22). The lowest BCUT2D eigenvalue weighted by molar-refractivity contribution is -0.144. The van der Waals surface area contributed by atoms with Crippen LogP contribution in [0.5, 0.6) is 0 Å². The topological polar surface area (TPSA) is 69.6 Å². The number of aryl methyl sites for hydroxylation is 2. The van der Waals surface area contributed by atoms with Gasteiger partial charge < -0.3 is 15.3 Å². The van der Waals surface area contributed by atoms with Gasteiger partial charge in [-0.2, -0.15) is 0 Å². The number of anilines is 1. The lowest BCUT2D eigenvalue weighted by atomic mass is 9.98. The molecule has 126 valence electrons. The van der Waals surface area contributed by atoms with Gasteiger partial charge in [0.2, 0.25) is 0 Å². The molecule has 1 aromatic carbocycles. The maximum atomic E-state index is 12.2. The van der Waals surface area contributed by atoms with Crippen LogP contribution in [0.15, 0.2) is 18.2 Å². The quantitative estimate of drug-likeness (QED) is 0.834. The van der Waals surface area contributed by atoms with Gasteiger partial charge in [0.05, 0.1) is 0 Å². The van der Waals surface area contributed by atoms with Gasteiger partial charge in [-0.05, 0) is 54.9 Å². The van der Waals surface area contributed by atoms with Crippen molar-refractivity contribution in [2.24, 2.45) is 5.92 Å². The number of aliphatic hydroxyl groups excluding tert-OH is 1. The molecule has 2 N–H and O–H groups in total. The molecule has 2 rings (SSSR count). The first-order valence-electron chi connectivity index (χ1n) is 8.41. The van der Waals surface area contributed by atoms with Gasteiger partial charge in [-0.3, -0.25) is 9.59 Å². The van der Waals surface area contributed by atoms with E-state index in [1.807, 2.05) is 18.2 Å². The SMILES string of the molecule is CCc1ccc(NC(=O)C(=O)N2CCC(CO)CC2)cc1CC. The van der Waals surface area contributed by atoms with Crippen molar-refractivity contribution in [1.82, 2.24) is 4.90 Å². The molecule has 1 aliphatic heterocycles. The van der Waals surface area contributed by atoms with Crippen LogP contribution in [0.4, 0.5) is 5.69 Å². The van der Waals surface area contributed by atoms with E-state index in [-0.39, 0.29) is 12.5 Å². The summed E-state index contributed by atoms with van der Waals surface area (Å²) in [6, 6.07) is 5.80. The third-order valence-electron chi connectivity index (χ3n) is 4.58. The summed E-state index contributed by atoms with van der Waals surface area (Å²) in [5, 5.41) is 11.8. The van der Waals surface area contributed by atoms with E-state index in [1.54, 1.807) is 4.90 Å². The molecular formula is C18H26N2O3.